The van der Waals surface area contributed by atoms with E-state index in [1.807, 2.05) is 6.92 Å². The molecule has 1 aromatic rings. The third-order valence-corrected chi connectivity index (χ3v) is 4.01. The van der Waals surface area contributed by atoms with Gasteiger partial charge in [0.1, 0.15) is 0 Å². The summed E-state index contributed by atoms with van der Waals surface area (Å²) in [6.07, 6.45) is 0.282. The van der Waals surface area contributed by atoms with Crippen LogP contribution in [0, 0.1) is 0 Å². The first-order valence-electron chi connectivity index (χ1n) is 7.58. The number of nitrogens with one attached hydrogen (secondary N) is 2. The zero-order chi connectivity index (χ0) is 15.3. The van der Waals surface area contributed by atoms with Gasteiger partial charge in [0, 0.05) is 18.6 Å². The van der Waals surface area contributed by atoms with Gasteiger partial charge in [-0.3, -0.25) is 0 Å². The molecule has 1 saturated heterocycles. The summed E-state index contributed by atoms with van der Waals surface area (Å²) in [6.45, 7) is 3.34. The molecule has 0 bridgehead atoms. The first-order chi connectivity index (χ1) is 9.97. The Hall–Kier alpha value is -1.07. The van der Waals surface area contributed by atoms with Gasteiger partial charge in [-0.15, -0.1) is 0 Å². The normalized spacial score (nSPS) is 21.2. The zero-order valence-electron chi connectivity index (χ0n) is 12.3. The lowest BCUT2D eigenvalue weighted by molar-refractivity contribution is -0.138. The van der Waals surface area contributed by atoms with E-state index in [1.54, 1.807) is 12.1 Å². The van der Waals surface area contributed by atoms with Crippen LogP contribution in [0.3, 0.4) is 0 Å². The van der Waals surface area contributed by atoms with Crippen molar-refractivity contribution in [1.82, 2.24) is 10.6 Å². The molecule has 0 amide bonds. The largest absolute Gasteiger partial charge is 0.416 e. The predicted octanol–water partition coefficient (Wildman–Crippen LogP) is 3.72. The second-order valence-electron chi connectivity index (χ2n) is 5.82. The van der Waals surface area contributed by atoms with E-state index in [1.165, 1.54) is 18.9 Å². The summed E-state index contributed by atoms with van der Waals surface area (Å²) in [5.74, 6) is 0. The summed E-state index contributed by atoms with van der Waals surface area (Å²) in [6, 6.07) is 6.45. The highest BCUT2D eigenvalue weighted by molar-refractivity contribution is 5.29. The summed E-state index contributed by atoms with van der Waals surface area (Å²) in [4.78, 5) is 0. The number of benzene rings is 1. The number of piperidine rings is 1. The van der Waals surface area contributed by atoms with E-state index < -0.39 is 11.7 Å². The highest BCUT2D eigenvalue weighted by atomic mass is 19.4. The summed E-state index contributed by atoms with van der Waals surface area (Å²) in [5, 5.41) is 6.68. The molecule has 1 aliphatic rings. The van der Waals surface area contributed by atoms with Gasteiger partial charge in [-0.2, -0.15) is 13.2 Å². The quantitative estimate of drug-likeness (QED) is 0.866. The van der Waals surface area contributed by atoms with Crippen LogP contribution in [-0.4, -0.2) is 18.6 Å². The van der Waals surface area contributed by atoms with Crippen LogP contribution in [0.2, 0.25) is 0 Å². The Kier molecular flexibility index (Phi) is 5.65. The van der Waals surface area contributed by atoms with Gasteiger partial charge in [0.15, 0.2) is 0 Å². The van der Waals surface area contributed by atoms with Gasteiger partial charge in [0.25, 0.3) is 0 Å². The smallest absolute Gasteiger partial charge is 0.314 e. The molecular weight excluding hydrogens is 277 g/mol. The number of alkyl halides is 3. The highest BCUT2D eigenvalue weighted by Crippen LogP contribution is 2.31. The van der Waals surface area contributed by atoms with Gasteiger partial charge in [-0.1, -0.05) is 24.6 Å². The van der Waals surface area contributed by atoms with Gasteiger partial charge in [0.05, 0.1) is 5.56 Å². The molecule has 2 N–H and O–H groups in total. The third-order valence-electron chi connectivity index (χ3n) is 4.01. The average Bonchev–Trinajstić information content (AvgIpc) is 2.45. The zero-order valence-corrected chi connectivity index (χ0v) is 12.3. The fraction of sp³-hybridized carbons (Fsp3) is 0.625. The lowest BCUT2D eigenvalue weighted by atomic mass is 9.98. The number of hydrogen-bond donors (Lipinski definition) is 2. The van der Waals surface area contributed by atoms with Gasteiger partial charge in [-0.25, -0.2) is 0 Å². The minimum Gasteiger partial charge on any atom is -0.314 e. The van der Waals surface area contributed by atoms with E-state index >= 15 is 0 Å². The molecule has 2 rings (SSSR count). The van der Waals surface area contributed by atoms with Crippen LogP contribution in [0.4, 0.5) is 13.2 Å². The lowest BCUT2D eigenvalue weighted by Crippen LogP contribution is -2.39. The fourth-order valence-electron chi connectivity index (χ4n) is 2.87. The summed E-state index contributed by atoms with van der Waals surface area (Å²) < 4.78 is 38.7. The van der Waals surface area contributed by atoms with E-state index in [2.05, 4.69) is 10.6 Å². The van der Waals surface area contributed by atoms with Crippen LogP contribution in [0.5, 0.6) is 0 Å². The molecule has 1 aromatic carbocycles. The second kappa shape index (κ2) is 7.27. The van der Waals surface area contributed by atoms with E-state index in [0.29, 0.717) is 11.6 Å². The topological polar surface area (TPSA) is 24.1 Å². The molecule has 5 heteroatoms. The van der Waals surface area contributed by atoms with Crippen molar-refractivity contribution in [2.75, 3.05) is 6.54 Å². The molecule has 1 aliphatic heterocycles. The minimum atomic E-state index is -4.29. The third kappa shape index (κ3) is 5.00. The Morgan fingerprint density at radius 2 is 2.05 bits per heavy atom. The Balaban J connectivity index is 1.87. The van der Waals surface area contributed by atoms with E-state index in [9.17, 15) is 13.2 Å². The van der Waals surface area contributed by atoms with Crippen molar-refractivity contribution in [3.05, 3.63) is 35.4 Å². The first-order valence-corrected chi connectivity index (χ1v) is 7.58. The standard InChI is InChI=1S/C16H23F3N2/c1-12(10-14-7-4-5-9-20-14)21-11-13-6-2-3-8-15(13)16(17,18)19/h2-3,6,8,12,14,20-21H,4-5,7,9-11H2,1H3. The van der Waals surface area contributed by atoms with Crippen molar-refractivity contribution >= 4 is 0 Å². The molecular formula is C16H23F3N2. The maximum absolute atomic E-state index is 12.9. The Morgan fingerprint density at radius 1 is 1.29 bits per heavy atom. The van der Waals surface area contributed by atoms with Crippen LogP contribution in [-0.2, 0) is 12.7 Å². The maximum Gasteiger partial charge on any atom is 0.416 e. The van der Waals surface area contributed by atoms with Crippen molar-refractivity contribution in [3.63, 3.8) is 0 Å². The number of halogens is 3. The molecule has 2 unspecified atom stereocenters. The molecule has 0 spiro atoms. The molecule has 0 aromatic heterocycles. The SMILES string of the molecule is CC(CC1CCCCN1)NCc1ccccc1C(F)(F)F. The van der Waals surface area contributed by atoms with Crippen molar-refractivity contribution in [3.8, 4) is 0 Å². The van der Waals surface area contributed by atoms with Gasteiger partial charge >= 0.3 is 6.18 Å². The number of hydrogen-bond acceptors (Lipinski definition) is 2. The minimum absolute atomic E-state index is 0.196. The molecule has 0 saturated carbocycles. The molecule has 2 nitrogen and oxygen atoms in total. The molecule has 1 fully saturated rings. The van der Waals surface area contributed by atoms with E-state index in [-0.39, 0.29) is 12.6 Å². The Labute approximate surface area is 124 Å². The Morgan fingerprint density at radius 3 is 2.71 bits per heavy atom. The van der Waals surface area contributed by atoms with Gasteiger partial charge in [-0.05, 0) is 44.4 Å². The highest BCUT2D eigenvalue weighted by Gasteiger charge is 2.32. The van der Waals surface area contributed by atoms with Crippen molar-refractivity contribution in [2.24, 2.45) is 0 Å². The van der Waals surface area contributed by atoms with E-state index in [0.717, 1.165) is 25.5 Å². The van der Waals surface area contributed by atoms with Gasteiger partial charge in [0.2, 0.25) is 0 Å². The van der Waals surface area contributed by atoms with Crippen LogP contribution in [0.25, 0.3) is 0 Å². The van der Waals surface area contributed by atoms with Crippen LogP contribution >= 0.6 is 0 Å². The predicted molar refractivity (Wildman–Crippen MR) is 78.0 cm³/mol. The van der Waals surface area contributed by atoms with Crippen LogP contribution in [0.1, 0.15) is 43.7 Å². The second-order valence-corrected chi connectivity index (χ2v) is 5.82. The molecule has 1 heterocycles. The van der Waals surface area contributed by atoms with Crippen molar-refractivity contribution in [2.45, 2.75) is 57.4 Å². The number of rotatable bonds is 5. The summed E-state index contributed by atoms with van der Waals surface area (Å²) in [7, 11) is 0. The first kappa shape index (κ1) is 16.3. The molecule has 0 aliphatic carbocycles. The monoisotopic (exact) mass is 300 g/mol. The van der Waals surface area contributed by atoms with Crippen molar-refractivity contribution in [1.29, 1.82) is 0 Å². The molecule has 21 heavy (non-hydrogen) atoms. The van der Waals surface area contributed by atoms with Crippen LogP contribution < -0.4 is 10.6 Å². The molecule has 0 radical (unpaired) electrons. The summed E-state index contributed by atoms with van der Waals surface area (Å²) in [5.41, 5.74) is -0.228. The van der Waals surface area contributed by atoms with Crippen molar-refractivity contribution < 1.29 is 13.2 Å². The summed E-state index contributed by atoms with van der Waals surface area (Å²) >= 11 is 0. The van der Waals surface area contributed by atoms with Gasteiger partial charge < -0.3 is 10.6 Å². The average molecular weight is 300 g/mol. The molecule has 118 valence electrons. The van der Waals surface area contributed by atoms with E-state index in [4.69, 9.17) is 0 Å². The fourth-order valence-corrected chi connectivity index (χ4v) is 2.87. The van der Waals surface area contributed by atoms with Crippen LogP contribution in [0.15, 0.2) is 24.3 Å². The Bertz CT molecular complexity index is 439. The molecule has 2 atom stereocenters. The maximum atomic E-state index is 12.9. The lowest BCUT2D eigenvalue weighted by Gasteiger charge is -2.27.